The van der Waals surface area contributed by atoms with Crippen LogP contribution >= 0.6 is 0 Å². The highest BCUT2D eigenvalue weighted by molar-refractivity contribution is 4.97. The lowest BCUT2D eigenvalue weighted by molar-refractivity contribution is -0.0686. The first kappa shape index (κ1) is 12.4. The number of fused-ring (bicyclic) bond motifs is 1. The van der Waals surface area contributed by atoms with E-state index in [1.54, 1.807) is 0 Å². The Morgan fingerprint density at radius 1 is 1.19 bits per heavy atom. The SMILES string of the molecule is C[C@@H]1CCC[C@]2(C)CC[C@@H](C(C)(C)O)C[C@@H]12. The highest BCUT2D eigenvalue weighted by Crippen LogP contribution is 2.55. The molecular formula is C15H28O. The molecule has 0 radical (unpaired) electrons. The van der Waals surface area contributed by atoms with Gasteiger partial charge in [0.25, 0.3) is 0 Å². The van der Waals surface area contributed by atoms with E-state index in [4.69, 9.17) is 0 Å². The van der Waals surface area contributed by atoms with E-state index in [-0.39, 0.29) is 0 Å². The normalized spacial score (nSPS) is 45.2. The van der Waals surface area contributed by atoms with Crippen LogP contribution < -0.4 is 0 Å². The molecule has 0 amide bonds. The smallest absolute Gasteiger partial charge is 0.0619 e. The third kappa shape index (κ3) is 2.16. The van der Waals surface area contributed by atoms with Crippen molar-refractivity contribution in [1.82, 2.24) is 0 Å². The average Bonchev–Trinajstić information content (AvgIpc) is 2.15. The quantitative estimate of drug-likeness (QED) is 0.714. The zero-order valence-corrected chi connectivity index (χ0v) is 11.4. The highest BCUT2D eigenvalue weighted by atomic mass is 16.3. The lowest BCUT2D eigenvalue weighted by atomic mass is 9.54. The van der Waals surface area contributed by atoms with E-state index in [0.717, 1.165) is 11.8 Å². The zero-order chi connectivity index (χ0) is 12.0. The molecule has 2 rings (SSSR count). The summed E-state index contributed by atoms with van der Waals surface area (Å²) in [7, 11) is 0. The minimum absolute atomic E-state index is 0.474. The summed E-state index contributed by atoms with van der Waals surface area (Å²) in [6.07, 6.45) is 8.04. The van der Waals surface area contributed by atoms with Crippen LogP contribution in [0.3, 0.4) is 0 Å². The van der Waals surface area contributed by atoms with Gasteiger partial charge < -0.3 is 5.11 Å². The van der Waals surface area contributed by atoms with Crippen molar-refractivity contribution in [3.8, 4) is 0 Å². The van der Waals surface area contributed by atoms with Crippen LogP contribution in [0.5, 0.6) is 0 Å². The Balaban J connectivity index is 2.12. The van der Waals surface area contributed by atoms with E-state index in [1.165, 1.54) is 38.5 Å². The molecule has 0 aliphatic heterocycles. The molecule has 1 heteroatoms. The Kier molecular flexibility index (Phi) is 3.11. The largest absolute Gasteiger partial charge is 0.390 e. The van der Waals surface area contributed by atoms with Gasteiger partial charge in [0.2, 0.25) is 0 Å². The van der Waals surface area contributed by atoms with Gasteiger partial charge >= 0.3 is 0 Å². The molecule has 16 heavy (non-hydrogen) atoms. The minimum Gasteiger partial charge on any atom is -0.390 e. The molecule has 0 unspecified atom stereocenters. The Morgan fingerprint density at radius 2 is 1.88 bits per heavy atom. The van der Waals surface area contributed by atoms with Crippen LogP contribution in [0.4, 0.5) is 0 Å². The van der Waals surface area contributed by atoms with Crippen LogP contribution in [0, 0.1) is 23.2 Å². The van der Waals surface area contributed by atoms with E-state index in [1.807, 2.05) is 13.8 Å². The number of hydrogen-bond donors (Lipinski definition) is 1. The third-order valence-electron chi connectivity index (χ3n) is 5.59. The Morgan fingerprint density at radius 3 is 2.50 bits per heavy atom. The molecule has 0 heterocycles. The van der Waals surface area contributed by atoms with Crippen LogP contribution in [-0.4, -0.2) is 10.7 Å². The number of aliphatic hydroxyl groups is 1. The average molecular weight is 224 g/mol. The van der Waals surface area contributed by atoms with E-state index >= 15 is 0 Å². The monoisotopic (exact) mass is 224 g/mol. The molecule has 2 aliphatic carbocycles. The summed E-state index contributed by atoms with van der Waals surface area (Å²) in [6.45, 7) is 8.91. The van der Waals surface area contributed by atoms with E-state index < -0.39 is 5.60 Å². The fourth-order valence-electron chi connectivity index (χ4n) is 4.30. The summed E-state index contributed by atoms with van der Waals surface area (Å²) in [5, 5.41) is 10.2. The molecule has 1 N–H and O–H groups in total. The molecule has 2 aliphatic rings. The minimum atomic E-state index is -0.474. The Bertz CT molecular complexity index is 253. The molecule has 1 nitrogen and oxygen atoms in total. The maximum Gasteiger partial charge on any atom is 0.0619 e. The van der Waals surface area contributed by atoms with Gasteiger partial charge in [-0.05, 0) is 62.7 Å². The van der Waals surface area contributed by atoms with Crippen molar-refractivity contribution >= 4 is 0 Å². The molecule has 0 saturated heterocycles. The van der Waals surface area contributed by atoms with Gasteiger partial charge in [0.15, 0.2) is 0 Å². The maximum absolute atomic E-state index is 10.2. The van der Waals surface area contributed by atoms with Crippen LogP contribution in [-0.2, 0) is 0 Å². The second kappa shape index (κ2) is 4.01. The predicted molar refractivity (Wildman–Crippen MR) is 68.3 cm³/mol. The van der Waals surface area contributed by atoms with Crippen LogP contribution in [0.2, 0.25) is 0 Å². The first-order chi connectivity index (χ1) is 7.33. The fourth-order valence-corrected chi connectivity index (χ4v) is 4.30. The second-order valence-electron chi connectivity index (χ2n) is 7.25. The lowest BCUT2D eigenvalue weighted by Gasteiger charge is -2.52. The number of hydrogen-bond acceptors (Lipinski definition) is 1. The van der Waals surface area contributed by atoms with Crippen molar-refractivity contribution in [2.24, 2.45) is 23.2 Å². The molecule has 94 valence electrons. The Labute approximate surface area is 101 Å². The second-order valence-corrected chi connectivity index (χ2v) is 7.25. The van der Waals surface area contributed by atoms with Crippen molar-refractivity contribution < 1.29 is 5.11 Å². The first-order valence-electron chi connectivity index (χ1n) is 7.05. The van der Waals surface area contributed by atoms with E-state index in [9.17, 15) is 5.11 Å². The maximum atomic E-state index is 10.2. The van der Waals surface area contributed by atoms with Gasteiger partial charge in [-0.2, -0.15) is 0 Å². The van der Waals surface area contributed by atoms with Gasteiger partial charge in [0.1, 0.15) is 0 Å². The molecule has 2 saturated carbocycles. The standard InChI is InChI=1S/C15H28O/c1-11-6-5-8-15(4)9-7-12(10-13(11)15)14(2,3)16/h11-13,16H,5-10H2,1-4H3/t11-,12-,13+,15-/m1/s1. The van der Waals surface area contributed by atoms with Gasteiger partial charge in [0.05, 0.1) is 5.60 Å². The van der Waals surface area contributed by atoms with E-state index in [0.29, 0.717) is 11.3 Å². The van der Waals surface area contributed by atoms with Gasteiger partial charge in [-0.1, -0.05) is 26.7 Å². The van der Waals surface area contributed by atoms with Crippen LogP contribution in [0.25, 0.3) is 0 Å². The number of rotatable bonds is 1. The Hall–Kier alpha value is -0.0400. The molecule has 2 fully saturated rings. The van der Waals surface area contributed by atoms with Crippen molar-refractivity contribution in [3.63, 3.8) is 0 Å². The zero-order valence-electron chi connectivity index (χ0n) is 11.4. The topological polar surface area (TPSA) is 20.2 Å². The molecule has 0 spiro atoms. The van der Waals surface area contributed by atoms with Gasteiger partial charge in [0, 0.05) is 0 Å². The first-order valence-corrected chi connectivity index (χ1v) is 7.05. The molecule has 0 aromatic carbocycles. The van der Waals surface area contributed by atoms with Gasteiger partial charge in [-0.3, -0.25) is 0 Å². The highest BCUT2D eigenvalue weighted by Gasteiger charge is 2.46. The van der Waals surface area contributed by atoms with Crippen LogP contribution in [0.1, 0.15) is 66.2 Å². The van der Waals surface area contributed by atoms with Crippen molar-refractivity contribution in [3.05, 3.63) is 0 Å². The van der Waals surface area contributed by atoms with Crippen LogP contribution in [0.15, 0.2) is 0 Å². The summed E-state index contributed by atoms with van der Waals surface area (Å²) in [6, 6.07) is 0. The fraction of sp³-hybridized carbons (Fsp3) is 1.00. The van der Waals surface area contributed by atoms with Crippen molar-refractivity contribution in [1.29, 1.82) is 0 Å². The summed E-state index contributed by atoms with van der Waals surface area (Å²) in [5.74, 6) is 2.24. The predicted octanol–water partition coefficient (Wildman–Crippen LogP) is 4.00. The summed E-state index contributed by atoms with van der Waals surface area (Å²) in [4.78, 5) is 0. The third-order valence-corrected chi connectivity index (χ3v) is 5.59. The van der Waals surface area contributed by atoms with Gasteiger partial charge in [-0.25, -0.2) is 0 Å². The summed E-state index contributed by atoms with van der Waals surface area (Å²) >= 11 is 0. The molecule has 0 bridgehead atoms. The van der Waals surface area contributed by atoms with E-state index in [2.05, 4.69) is 13.8 Å². The summed E-state index contributed by atoms with van der Waals surface area (Å²) < 4.78 is 0. The molecule has 4 atom stereocenters. The molecular weight excluding hydrogens is 196 g/mol. The van der Waals surface area contributed by atoms with Crippen molar-refractivity contribution in [2.75, 3.05) is 0 Å². The molecule has 0 aromatic heterocycles. The lowest BCUT2D eigenvalue weighted by Crippen LogP contribution is -2.45. The summed E-state index contributed by atoms with van der Waals surface area (Å²) in [5.41, 5.74) is 0.109. The van der Waals surface area contributed by atoms with Crippen molar-refractivity contribution in [2.45, 2.75) is 71.8 Å². The molecule has 0 aromatic rings. The van der Waals surface area contributed by atoms with Gasteiger partial charge in [-0.15, -0.1) is 0 Å².